The number of hydrogen-bond donors (Lipinski definition) is 0. The standard InChI is InChI=1S/C45H43ClN2O5/c1-2-48(44(51)52-31-38-36-24-12-10-22-34(36)35-23-11-13-25-37(35)38)41(43(50)47-28-16-5-17-29-47)30-42(49)53-45(32-18-6-3-7-19-32,33-20-8-4-9-21-33)39-26-14-15-27-40(39)46/h3-4,6-15,18-27,38,41H,2,5,16-17,28-31H2,1H3/t41-/m0/s1. The van der Waals surface area contributed by atoms with Crippen LogP contribution in [0, 0.1) is 0 Å². The van der Waals surface area contributed by atoms with Crippen LogP contribution in [0.3, 0.4) is 0 Å². The number of ether oxygens (including phenoxy) is 2. The maximum absolute atomic E-state index is 14.6. The number of amides is 2. The summed E-state index contributed by atoms with van der Waals surface area (Å²) in [6, 6.07) is 41.4. The Morgan fingerprint density at radius 2 is 1.26 bits per heavy atom. The van der Waals surface area contributed by atoms with Gasteiger partial charge in [-0.3, -0.25) is 14.5 Å². The molecule has 8 heteroatoms. The van der Waals surface area contributed by atoms with E-state index >= 15 is 0 Å². The van der Waals surface area contributed by atoms with Gasteiger partial charge in [-0.2, -0.15) is 0 Å². The molecule has 0 aromatic heterocycles. The highest BCUT2D eigenvalue weighted by Crippen LogP contribution is 2.45. The molecule has 1 saturated heterocycles. The fraction of sp³-hybridized carbons (Fsp3) is 0.267. The van der Waals surface area contributed by atoms with E-state index in [9.17, 15) is 14.4 Å². The molecule has 0 unspecified atom stereocenters. The number of piperidine rings is 1. The summed E-state index contributed by atoms with van der Waals surface area (Å²) in [5.74, 6) is -1.10. The maximum Gasteiger partial charge on any atom is 0.410 e. The number of halogens is 1. The first-order chi connectivity index (χ1) is 25.9. The van der Waals surface area contributed by atoms with Crippen molar-refractivity contribution in [2.24, 2.45) is 0 Å². The van der Waals surface area contributed by atoms with Crippen LogP contribution >= 0.6 is 11.6 Å². The lowest BCUT2D eigenvalue weighted by Crippen LogP contribution is -2.53. The Bertz CT molecular complexity index is 1980. The summed E-state index contributed by atoms with van der Waals surface area (Å²) in [4.78, 5) is 46.2. The maximum atomic E-state index is 14.6. The predicted octanol–water partition coefficient (Wildman–Crippen LogP) is 9.22. The average Bonchev–Trinajstić information content (AvgIpc) is 3.53. The summed E-state index contributed by atoms with van der Waals surface area (Å²) in [5.41, 5.74) is 4.93. The van der Waals surface area contributed by atoms with Gasteiger partial charge in [0.05, 0.1) is 6.42 Å². The molecule has 53 heavy (non-hydrogen) atoms. The first kappa shape index (κ1) is 36.0. The molecule has 1 heterocycles. The van der Waals surface area contributed by atoms with E-state index in [1.807, 2.05) is 103 Å². The Morgan fingerprint density at radius 1 is 0.736 bits per heavy atom. The number of fused-ring (bicyclic) bond motifs is 3. The van der Waals surface area contributed by atoms with Crippen molar-refractivity contribution >= 4 is 29.6 Å². The number of rotatable bonds is 11. The SMILES string of the molecule is CCN(C(=O)OCC1c2ccccc2-c2ccccc21)[C@@H](CC(=O)OC(c1ccccc1)(c1ccccc1)c1ccccc1Cl)C(=O)N1CCCCC1. The minimum Gasteiger partial charge on any atom is -0.448 e. The van der Waals surface area contributed by atoms with E-state index < -0.39 is 23.7 Å². The number of carbonyl (C=O) groups is 3. The van der Waals surface area contributed by atoms with Crippen LogP contribution in [-0.4, -0.2) is 60.1 Å². The van der Waals surface area contributed by atoms with Crippen LogP contribution in [0.2, 0.25) is 5.02 Å². The van der Waals surface area contributed by atoms with Crippen LogP contribution in [0.15, 0.2) is 133 Å². The zero-order chi connectivity index (χ0) is 36.8. The quantitative estimate of drug-likeness (QED) is 0.100. The first-order valence-electron chi connectivity index (χ1n) is 18.4. The van der Waals surface area contributed by atoms with Crippen LogP contribution in [0.1, 0.15) is 66.3 Å². The van der Waals surface area contributed by atoms with Crippen LogP contribution in [-0.2, 0) is 24.7 Å². The second kappa shape index (κ2) is 16.1. The second-order valence-corrected chi connectivity index (χ2v) is 14.0. The Labute approximate surface area is 316 Å². The van der Waals surface area contributed by atoms with Crippen molar-refractivity contribution in [1.29, 1.82) is 0 Å². The third-order valence-corrected chi connectivity index (χ3v) is 10.8. The van der Waals surface area contributed by atoms with Crippen LogP contribution in [0.4, 0.5) is 4.79 Å². The molecule has 0 radical (unpaired) electrons. The number of likely N-dealkylation sites (N-methyl/N-ethyl adjacent to an activating group) is 1. The van der Waals surface area contributed by atoms with Crippen LogP contribution in [0.25, 0.3) is 11.1 Å². The van der Waals surface area contributed by atoms with Gasteiger partial charge in [-0.1, -0.05) is 139 Å². The molecule has 0 spiro atoms. The van der Waals surface area contributed by atoms with Crippen molar-refractivity contribution in [1.82, 2.24) is 9.80 Å². The summed E-state index contributed by atoms with van der Waals surface area (Å²) in [6.07, 6.45) is 1.71. The van der Waals surface area contributed by atoms with E-state index in [0.29, 0.717) is 34.8 Å². The zero-order valence-corrected chi connectivity index (χ0v) is 30.6. The van der Waals surface area contributed by atoms with Gasteiger partial charge in [-0.05, 0) is 54.5 Å². The highest BCUT2D eigenvalue weighted by Gasteiger charge is 2.44. The van der Waals surface area contributed by atoms with Gasteiger partial charge < -0.3 is 14.4 Å². The van der Waals surface area contributed by atoms with E-state index in [4.69, 9.17) is 21.1 Å². The molecule has 7 nitrogen and oxygen atoms in total. The first-order valence-corrected chi connectivity index (χ1v) is 18.8. The molecule has 7 rings (SSSR count). The van der Waals surface area contributed by atoms with Crippen molar-refractivity contribution in [2.75, 3.05) is 26.2 Å². The fourth-order valence-electron chi connectivity index (χ4n) is 7.92. The van der Waals surface area contributed by atoms with Gasteiger partial charge in [0.15, 0.2) is 5.60 Å². The number of nitrogens with zero attached hydrogens (tertiary/aromatic N) is 2. The summed E-state index contributed by atoms with van der Waals surface area (Å²) < 4.78 is 12.7. The van der Waals surface area contributed by atoms with Crippen LogP contribution in [0.5, 0.6) is 0 Å². The van der Waals surface area contributed by atoms with Crippen molar-refractivity contribution < 1.29 is 23.9 Å². The van der Waals surface area contributed by atoms with Gasteiger partial charge in [0.1, 0.15) is 12.6 Å². The molecule has 0 saturated carbocycles. The summed E-state index contributed by atoms with van der Waals surface area (Å²) in [5, 5.41) is 0.419. The van der Waals surface area contributed by atoms with Gasteiger partial charge in [-0.25, -0.2) is 4.79 Å². The third kappa shape index (κ3) is 7.18. The molecule has 1 fully saturated rings. The summed E-state index contributed by atoms with van der Waals surface area (Å²) in [7, 11) is 0. The average molecular weight is 727 g/mol. The number of benzene rings is 5. The summed E-state index contributed by atoms with van der Waals surface area (Å²) >= 11 is 6.89. The third-order valence-electron chi connectivity index (χ3n) is 10.5. The Hall–Kier alpha value is -5.40. The Kier molecular flexibility index (Phi) is 10.9. The number of carbonyl (C=O) groups excluding carboxylic acids is 3. The van der Waals surface area contributed by atoms with Gasteiger partial charge in [-0.15, -0.1) is 0 Å². The molecule has 270 valence electrons. The van der Waals surface area contributed by atoms with Gasteiger partial charge >= 0.3 is 12.1 Å². The fourth-order valence-corrected chi connectivity index (χ4v) is 8.19. The monoisotopic (exact) mass is 726 g/mol. The van der Waals surface area contributed by atoms with Gasteiger partial charge in [0, 0.05) is 47.3 Å². The predicted molar refractivity (Wildman–Crippen MR) is 207 cm³/mol. The molecule has 1 aliphatic carbocycles. The number of esters is 1. The lowest BCUT2D eigenvalue weighted by atomic mass is 9.80. The number of likely N-dealkylation sites (tertiary alicyclic amines) is 1. The van der Waals surface area contributed by atoms with Crippen molar-refractivity contribution in [3.63, 3.8) is 0 Å². The van der Waals surface area contributed by atoms with E-state index in [1.54, 1.807) is 17.9 Å². The van der Waals surface area contributed by atoms with Crippen molar-refractivity contribution in [2.45, 2.75) is 50.2 Å². The molecule has 0 N–H and O–H groups in total. The largest absolute Gasteiger partial charge is 0.448 e. The van der Waals surface area contributed by atoms with Gasteiger partial charge in [0.25, 0.3) is 0 Å². The van der Waals surface area contributed by atoms with E-state index in [0.717, 1.165) is 41.5 Å². The molecule has 2 amide bonds. The normalized spacial score (nSPS) is 14.5. The molecular weight excluding hydrogens is 684 g/mol. The van der Waals surface area contributed by atoms with Crippen molar-refractivity contribution in [3.8, 4) is 11.1 Å². The molecule has 0 bridgehead atoms. The topological polar surface area (TPSA) is 76.1 Å². The molecular formula is C45H43ClN2O5. The Morgan fingerprint density at radius 3 is 1.83 bits per heavy atom. The lowest BCUT2D eigenvalue weighted by Gasteiger charge is -2.38. The smallest absolute Gasteiger partial charge is 0.410 e. The van der Waals surface area contributed by atoms with Gasteiger partial charge in [0.2, 0.25) is 5.91 Å². The lowest BCUT2D eigenvalue weighted by molar-refractivity contribution is -0.157. The van der Waals surface area contributed by atoms with Crippen LogP contribution < -0.4 is 0 Å². The minimum absolute atomic E-state index is 0.0933. The molecule has 2 aliphatic rings. The zero-order valence-electron chi connectivity index (χ0n) is 29.8. The summed E-state index contributed by atoms with van der Waals surface area (Å²) in [6.45, 7) is 3.16. The number of hydrogen-bond acceptors (Lipinski definition) is 5. The van der Waals surface area contributed by atoms with E-state index in [1.165, 1.54) is 4.90 Å². The minimum atomic E-state index is -1.45. The van der Waals surface area contributed by atoms with E-state index in [-0.39, 0.29) is 31.4 Å². The highest BCUT2D eigenvalue weighted by atomic mass is 35.5. The van der Waals surface area contributed by atoms with E-state index in [2.05, 4.69) is 24.3 Å². The second-order valence-electron chi connectivity index (χ2n) is 13.6. The molecule has 1 atom stereocenters. The Balaban J connectivity index is 1.21. The molecule has 1 aliphatic heterocycles. The molecule has 5 aromatic carbocycles. The highest BCUT2D eigenvalue weighted by molar-refractivity contribution is 6.31. The van der Waals surface area contributed by atoms with Crippen molar-refractivity contribution in [3.05, 3.63) is 166 Å². The molecule has 5 aromatic rings.